The van der Waals surface area contributed by atoms with Crippen molar-refractivity contribution in [1.82, 2.24) is 10.2 Å². The zero-order valence-electron chi connectivity index (χ0n) is 13.5. The zero-order chi connectivity index (χ0) is 16.4. The van der Waals surface area contributed by atoms with Crippen molar-refractivity contribution in [2.45, 2.75) is 20.8 Å². The number of likely N-dealkylation sites (N-methyl/N-ethyl adjacent to an activating group) is 2. The molecule has 0 aliphatic rings. The summed E-state index contributed by atoms with van der Waals surface area (Å²) in [6.07, 6.45) is 0. The van der Waals surface area contributed by atoms with Crippen LogP contribution in [0.15, 0.2) is 24.3 Å². The Hall–Kier alpha value is -2.08. The van der Waals surface area contributed by atoms with Crippen LogP contribution in [0.5, 0.6) is 5.75 Å². The largest absolute Gasteiger partial charge is 0.494 e. The fourth-order valence-electron chi connectivity index (χ4n) is 1.94. The first kappa shape index (κ1) is 18.0. The lowest BCUT2D eigenvalue weighted by atomic mass is 10.3. The molecule has 6 nitrogen and oxygen atoms in total. The highest BCUT2D eigenvalue weighted by molar-refractivity contribution is 5.92. The lowest BCUT2D eigenvalue weighted by molar-refractivity contribution is -0.123. The van der Waals surface area contributed by atoms with E-state index in [-0.39, 0.29) is 24.9 Å². The summed E-state index contributed by atoms with van der Waals surface area (Å²) in [5, 5.41) is 5.54. The molecule has 0 saturated heterocycles. The van der Waals surface area contributed by atoms with Crippen LogP contribution in [0, 0.1) is 0 Å². The van der Waals surface area contributed by atoms with Gasteiger partial charge in [0.15, 0.2) is 0 Å². The molecule has 0 aliphatic carbocycles. The van der Waals surface area contributed by atoms with E-state index in [1.54, 1.807) is 17.0 Å². The Labute approximate surface area is 131 Å². The maximum absolute atomic E-state index is 12.0. The number of nitrogens with one attached hydrogen (secondary N) is 2. The van der Waals surface area contributed by atoms with Gasteiger partial charge in [0, 0.05) is 12.2 Å². The first-order valence-electron chi connectivity index (χ1n) is 7.60. The van der Waals surface area contributed by atoms with Gasteiger partial charge in [-0.15, -0.1) is 0 Å². The Kier molecular flexibility index (Phi) is 7.99. The number of carbonyl (C=O) groups is 2. The lowest BCUT2D eigenvalue weighted by Crippen LogP contribution is -2.40. The van der Waals surface area contributed by atoms with Gasteiger partial charge < -0.3 is 15.4 Å². The molecule has 0 atom stereocenters. The predicted octanol–water partition coefficient (Wildman–Crippen LogP) is 1.48. The van der Waals surface area contributed by atoms with E-state index in [2.05, 4.69) is 10.6 Å². The highest BCUT2D eigenvalue weighted by atomic mass is 16.5. The van der Waals surface area contributed by atoms with E-state index in [4.69, 9.17) is 4.74 Å². The second-order valence-corrected chi connectivity index (χ2v) is 4.76. The number of carbonyl (C=O) groups excluding carboxylic acids is 2. The van der Waals surface area contributed by atoms with Gasteiger partial charge in [0.1, 0.15) is 5.75 Å². The smallest absolute Gasteiger partial charge is 0.238 e. The summed E-state index contributed by atoms with van der Waals surface area (Å²) in [5.74, 6) is 0.556. The van der Waals surface area contributed by atoms with Crippen molar-refractivity contribution in [3.63, 3.8) is 0 Å². The molecule has 0 radical (unpaired) electrons. The summed E-state index contributed by atoms with van der Waals surface area (Å²) in [4.78, 5) is 25.4. The third kappa shape index (κ3) is 6.58. The van der Waals surface area contributed by atoms with Crippen LogP contribution in [0.4, 0.5) is 5.69 Å². The Morgan fingerprint density at radius 1 is 1.05 bits per heavy atom. The molecule has 2 N–H and O–H groups in total. The number of rotatable bonds is 9. The minimum Gasteiger partial charge on any atom is -0.494 e. The van der Waals surface area contributed by atoms with Crippen molar-refractivity contribution < 1.29 is 14.3 Å². The number of hydrogen-bond acceptors (Lipinski definition) is 4. The Bertz CT molecular complexity index is 474. The summed E-state index contributed by atoms with van der Waals surface area (Å²) in [6, 6.07) is 7.21. The van der Waals surface area contributed by atoms with Gasteiger partial charge in [-0.05, 0) is 44.7 Å². The van der Waals surface area contributed by atoms with Crippen LogP contribution >= 0.6 is 0 Å². The monoisotopic (exact) mass is 307 g/mol. The van der Waals surface area contributed by atoms with Crippen LogP contribution in [0.3, 0.4) is 0 Å². The molecule has 0 fully saturated rings. The summed E-state index contributed by atoms with van der Waals surface area (Å²) in [5.41, 5.74) is 0.711. The molecule has 0 unspecified atom stereocenters. The molecule has 0 aliphatic heterocycles. The third-order valence-corrected chi connectivity index (χ3v) is 3.00. The molecule has 6 heteroatoms. The SMILES string of the molecule is CCNC(=O)CN(CC)CC(=O)Nc1ccc(OCC)cc1. The summed E-state index contributed by atoms with van der Waals surface area (Å²) < 4.78 is 5.35. The van der Waals surface area contributed by atoms with Crippen LogP contribution in [0.25, 0.3) is 0 Å². The maximum atomic E-state index is 12.0. The normalized spacial score (nSPS) is 10.4. The van der Waals surface area contributed by atoms with Crippen molar-refractivity contribution in [2.24, 2.45) is 0 Å². The number of benzene rings is 1. The summed E-state index contributed by atoms with van der Waals surface area (Å²) in [6.45, 7) is 7.95. The molecule has 1 aromatic rings. The molecule has 1 aromatic carbocycles. The van der Waals surface area contributed by atoms with Crippen LogP contribution in [-0.2, 0) is 9.59 Å². The van der Waals surface area contributed by atoms with Crippen LogP contribution in [0.1, 0.15) is 20.8 Å². The fraction of sp³-hybridized carbons (Fsp3) is 0.500. The second-order valence-electron chi connectivity index (χ2n) is 4.76. The van der Waals surface area contributed by atoms with Crippen LogP contribution < -0.4 is 15.4 Å². The van der Waals surface area contributed by atoms with E-state index in [9.17, 15) is 9.59 Å². The molecule has 0 saturated carbocycles. The first-order chi connectivity index (χ1) is 10.6. The van der Waals surface area contributed by atoms with Crippen LogP contribution in [0.2, 0.25) is 0 Å². The molecular weight excluding hydrogens is 282 g/mol. The molecule has 0 heterocycles. The van der Waals surface area contributed by atoms with Gasteiger partial charge in [0.05, 0.1) is 19.7 Å². The van der Waals surface area contributed by atoms with Gasteiger partial charge >= 0.3 is 0 Å². The van der Waals surface area contributed by atoms with E-state index in [1.807, 2.05) is 32.9 Å². The standard InChI is InChI=1S/C16H25N3O3/c1-4-17-15(20)11-19(5-2)12-16(21)18-13-7-9-14(10-8-13)22-6-3/h7-10H,4-6,11-12H2,1-3H3,(H,17,20)(H,18,21). The molecule has 0 spiro atoms. The fourth-order valence-corrected chi connectivity index (χ4v) is 1.94. The van der Waals surface area contributed by atoms with Gasteiger partial charge in [0.2, 0.25) is 11.8 Å². The summed E-state index contributed by atoms with van der Waals surface area (Å²) >= 11 is 0. The average Bonchev–Trinajstić information content (AvgIpc) is 2.49. The number of amides is 2. The van der Waals surface area contributed by atoms with Crippen molar-refractivity contribution in [1.29, 1.82) is 0 Å². The average molecular weight is 307 g/mol. The van der Waals surface area contributed by atoms with Crippen LogP contribution in [-0.4, -0.2) is 49.5 Å². The molecule has 0 bridgehead atoms. The Balaban J connectivity index is 2.47. The Morgan fingerprint density at radius 3 is 2.23 bits per heavy atom. The molecule has 0 aromatic heterocycles. The third-order valence-electron chi connectivity index (χ3n) is 3.00. The van der Waals surface area contributed by atoms with Gasteiger partial charge in [-0.2, -0.15) is 0 Å². The highest BCUT2D eigenvalue weighted by Gasteiger charge is 2.12. The number of hydrogen-bond donors (Lipinski definition) is 2. The van der Waals surface area contributed by atoms with Crippen molar-refractivity contribution >= 4 is 17.5 Å². The summed E-state index contributed by atoms with van der Waals surface area (Å²) in [7, 11) is 0. The van der Waals surface area contributed by atoms with Crippen molar-refractivity contribution in [2.75, 3.05) is 38.1 Å². The number of ether oxygens (including phenoxy) is 1. The topological polar surface area (TPSA) is 70.7 Å². The van der Waals surface area contributed by atoms with Gasteiger partial charge in [-0.1, -0.05) is 6.92 Å². The van der Waals surface area contributed by atoms with Crippen molar-refractivity contribution in [3.05, 3.63) is 24.3 Å². The van der Waals surface area contributed by atoms with E-state index >= 15 is 0 Å². The number of anilines is 1. The highest BCUT2D eigenvalue weighted by Crippen LogP contribution is 2.15. The van der Waals surface area contributed by atoms with E-state index in [0.717, 1.165) is 5.75 Å². The van der Waals surface area contributed by atoms with Gasteiger partial charge in [0.25, 0.3) is 0 Å². The van der Waals surface area contributed by atoms with E-state index in [1.165, 1.54) is 0 Å². The van der Waals surface area contributed by atoms with E-state index in [0.29, 0.717) is 25.4 Å². The first-order valence-corrected chi connectivity index (χ1v) is 7.60. The van der Waals surface area contributed by atoms with E-state index < -0.39 is 0 Å². The maximum Gasteiger partial charge on any atom is 0.238 e. The molecule has 2 amide bonds. The Morgan fingerprint density at radius 2 is 1.68 bits per heavy atom. The minimum atomic E-state index is -0.143. The molecule has 1 rings (SSSR count). The second kappa shape index (κ2) is 9.78. The molecule has 122 valence electrons. The minimum absolute atomic E-state index is 0.0711. The molecule has 22 heavy (non-hydrogen) atoms. The predicted molar refractivity (Wildman–Crippen MR) is 87.0 cm³/mol. The lowest BCUT2D eigenvalue weighted by Gasteiger charge is -2.19. The zero-order valence-corrected chi connectivity index (χ0v) is 13.5. The number of nitrogens with zero attached hydrogens (tertiary/aromatic N) is 1. The van der Waals surface area contributed by atoms with Gasteiger partial charge in [-0.25, -0.2) is 0 Å². The molecular formula is C16H25N3O3. The quantitative estimate of drug-likeness (QED) is 0.725. The van der Waals surface area contributed by atoms with Crippen molar-refractivity contribution in [3.8, 4) is 5.75 Å². The van der Waals surface area contributed by atoms with Gasteiger partial charge in [-0.3, -0.25) is 14.5 Å².